The van der Waals surface area contributed by atoms with Gasteiger partial charge in [-0.3, -0.25) is 19.6 Å². The van der Waals surface area contributed by atoms with Crippen LogP contribution in [0.25, 0.3) is 11.3 Å². The van der Waals surface area contributed by atoms with Gasteiger partial charge < -0.3 is 26.3 Å². The highest BCUT2D eigenvalue weighted by Gasteiger charge is 2.45. The minimum Gasteiger partial charge on any atom is -0.495 e. The van der Waals surface area contributed by atoms with E-state index in [4.69, 9.17) is 37.5 Å². The fourth-order valence-electron chi connectivity index (χ4n) is 5.56. The van der Waals surface area contributed by atoms with Crippen LogP contribution in [-0.4, -0.2) is 54.1 Å². The van der Waals surface area contributed by atoms with Crippen LogP contribution < -0.4 is 26.3 Å². The fourth-order valence-corrected chi connectivity index (χ4v) is 5.85. The summed E-state index contributed by atoms with van der Waals surface area (Å²) in [5.74, 6) is -2.38. The number of carbonyl (C=O) groups is 2. The largest absolute Gasteiger partial charge is 0.495 e. The number of pyridine rings is 2. The van der Waals surface area contributed by atoms with Gasteiger partial charge in [-0.25, -0.2) is 18.2 Å². The number of aromatic nitrogens is 2. The van der Waals surface area contributed by atoms with Gasteiger partial charge in [-0.1, -0.05) is 11.6 Å². The third-order valence-corrected chi connectivity index (χ3v) is 9.22. The summed E-state index contributed by atoms with van der Waals surface area (Å²) in [5.41, 5.74) is 12.3. The number of alkyl halides is 3. The van der Waals surface area contributed by atoms with E-state index in [-0.39, 0.29) is 64.0 Å². The summed E-state index contributed by atoms with van der Waals surface area (Å²) in [7, 11) is 1.41. The lowest BCUT2D eigenvalue weighted by Gasteiger charge is -2.22. The molecule has 0 saturated heterocycles. The molecule has 2 fully saturated rings. The van der Waals surface area contributed by atoms with Crippen LogP contribution in [-0.2, 0) is 10.2 Å². The number of methoxy groups -OCH3 is 1. The number of rotatable bonds is 11. The van der Waals surface area contributed by atoms with Gasteiger partial charge in [0.15, 0.2) is 5.79 Å². The third kappa shape index (κ3) is 5.83. The van der Waals surface area contributed by atoms with Gasteiger partial charge in [0.1, 0.15) is 34.9 Å². The predicted octanol–water partition coefficient (Wildman–Crippen LogP) is 5.26. The Morgan fingerprint density at radius 1 is 1.28 bits per heavy atom. The van der Waals surface area contributed by atoms with Crippen molar-refractivity contribution in [3.05, 3.63) is 63.6 Å². The average Bonchev–Trinajstić information content (AvgIpc) is 3.96. The Kier molecular flexibility index (Phi) is 8.07. The van der Waals surface area contributed by atoms with E-state index in [0.29, 0.717) is 29.7 Å². The van der Waals surface area contributed by atoms with Crippen LogP contribution in [0.4, 0.5) is 18.9 Å². The van der Waals surface area contributed by atoms with E-state index in [0.717, 1.165) is 12.8 Å². The molecule has 2 atom stereocenters. The van der Waals surface area contributed by atoms with Crippen molar-refractivity contribution in [1.82, 2.24) is 15.3 Å². The molecule has 242 valence electrons. The van der Waals surface area contributed by atoms with E-state index in [1.807, 2.05) is 0 Å². The number of carbonyl (C=O) groups excluding carboxylic acids is 2. The molecular formula is C32H32ClF3N6O4. The van der Waals surface area contributed by atoms with Gasteiger partial charge in [-0.05, 0) is 49.9 Å². The number of halogens is 4. The maximum absolute atomic E-state index is 14.2. The number of primary amides is 1. The third-order valence-electron chi connectivity index (χ3n) is 8.82. The highest BCUT2D eigenvalue weighted by molar-refractivity contribution is 6.34. The van der Waals surface area contributed by atoms with E-state index in [9.17, 15) is 22.8 Å². The zero-order valence-corrected chi connectivity index (χ0v) is 25.8. The topological polar surface area (TPSA) is 155 Å². The minimum atomic E-state index is -2.93. The summed E-state index contributed by atoms with van der Waals surface area (Å²) in [6, 6.07) is 6.20. The number of amides is 2. The highest BCUT2D eigenvalue weighted by atomic mass is 35.5. The maximum atomic E-state index is 14.2. The van der Waals surface area contributed by atoms with Gasteiger partial charge in [0.2, 0.25) is 5.91 Å². The van der Waals surface area contributed by atoms with Gasteiger partial charge in [-0.15, -0.1) is 0 Å². The molecule has 0 radical (unpaired) electrons. The van der Waals surface area contributed by atoms with Crippen molar-refractivity contribution in [3.8, 4) is 22.8 Å². The molecule has 2 saturated carbocycles. The molecule has 2 aromatic heterocycles. The first-order valence-corrected chi connectivity index (χ1v) is 15.1. The van der Waals surface area contributed by atoms with Crippen molar-refractivity contribution >= 4 is 35.3 Å². The van der Waals surface area contributed by atoms with E-state index in [1.54, 1.807) is 13.0 Å². The van der Waals surface area contributed by atoms with Crippen molar-refractivity contribution in [1.29, 1.82) is 0 Å². The van der Waals surface area contributed by atoms with Gasteiger partial charge >= 0.3 is 0 Å². The lowest BCUT2D eigenvalue weighted by molar-refractivity contribution is -0.123. The number of nitrogen functional groups attached to an aromatic ring is 1. The number of nitrogens with two attached hydrogens (primary N) is 2. The van der Waals surface area contributed by atoms with Crippen LogP contribution in [0.5, 0.6) is 11.5 Å². The molecule has 2 amide bonds. The van der Waals surface area contributed by atoms with E-state index in [2.05, 4.69) is 15.3 Å². The Bertz CT molecular complexity index is 1760. The molecule has 1 aliphatic heterocycles. The van der Waals surface area contributed by atoms with Crippen LogP contribution in [0.15, 0.2) is 35.5 Å². The molecular weight excluding hydrogens is 625 g/mol. The molecule has 14 heteroatoms. The van der Waals surface area contributed by atoms with E-state index in [1.165, 1.54) is 37.7 Å². The molecule has 6 rings (SSSR count). The summed E-state index contributed by atoms with van der Waals surface area (Å²) in [6.45, 7) is 1.73. The van der Waals surface area contributed by atoms with Gasteiger partial charge in [-0.2, -0.15) is 0 Å². The Labute approximate surface area is 267 Å². The molecule has 0 bridgehead atoms. The molecule has 46 heavy (non-hydrogen) atoms. The molecule has 0 spiro atoms. The number of benzene rings is 1. The Hall–Kier alpha value is -4.39. The second-order valence-electron chi connectivity index (χ2n) is 12.1. The number of anilines is 1. The smallest absolute Gasteiger partial charge is 0.281 e. The maximum Gasteiger partial charge on any atom is 0.281 e. The molecule has 1 aromatic carbocycles. The molecule has 3 aromatic rings. The fraction of sp³-hybridized carbons (Fsp3) is 0.406. The monoisotopic (exact) mass is 656 g/mol. The number of nitrogens with one attached hydrogen (secondary N) is 1. The number of hydrogen-bond donors (Lipinski definition) is 3. The molecule has 2 aliphatic carbocycles. The highest BCUT2D eigenvalue weighted by Crippen LogP contribution is 2.49. The van der Waals surface area contributed by atoms with Gasteiger partial charge in [0.25, 0.3) is 12.3 Å². The Balaban J connectivity index is 1.36. The molecule has 3 aliphatic rings. The predicted molar refractivity (Wildman–Crippen MR) is 165 cm³/mol. The molecule has 0 unspecified atom stereocenters. The number of fused-ring (bicyclic) bond motifs is 1. The number of hydrogen-bond acceptors (Lipinski definition) is 8. The second-order valence-corrected chi connectivity index (χ2v) is 12.5. The van der Waals surface area contributed by atoms with Crippen LogP contribution in [0.1, 0.15) is 77.8 Å². The zero-order chi connectivity index (χ0) is 33.0. The standard InChI is InChI=1S/C32H32ClF3N6O4/c1-31(30(38)44)14-46-27-20(31)11-21(42-25(27)18-5-8-39-26(23(18)33)28(34)35)19(15-3-4-15)13-40-29(43)16-9-17(12-41-32(36)6-7-32)24(37)22(10-16)45-2/h5,8-12,15,19,28H,3-4,6-7,13-14,37H2,1-2H3,(H2,38,44)(H,40,43)/b41-12+/t19-,31-/m0/s1. The van der Waals surface area contributed by atoms with Crippen molar-refractivity contribution < 1.29 is 32.2 Å². The number of nitrogens with zero attached hydrogens (tertiary/aromatic N) is 3. The van der Waals surface area contributed by atoms with E-state index >= 15 is 0 Å². The van der Waals surface area contributed by atoms with E-state index < -0.39 is 35.1 Å². The molecule has 10 nitrogen and oxygen atoms in total. The van der Waals surface area contributed by atoms with Crippen molar-refractivity contribution in [3.63, 3.8) is 0 Å². The first-order valence-electron chi connectivity index (χ1n) is 14.8. The summed E-state index contributed by atoms with van der Waals surface area (Å²) >= 11 is 6.41. The van der Waals surface area contributed by atoms with Crippen LogP contribution in [0.3, 0.4) is 0 Å². The first-order chi connectivity index (χ1) is 21.8. The quantitative estimate of drug-likeness (QED) is 0.144. The summed E-state index contributed by atoms with van der Waals surface area (Å²) in [6.07, 6.45) is 1.98. The molecule has 3 heterocycles. The lowest BCUT2D eigenvalue weighted by atomic mass is 9.82. The van der Waals surface area contributed by atoms with Crippen LogP contribution >= 0.6 is 11.6 Å². The van der Waals surface area contributed by atoms with Crippen LogP contribution in [0.2, 0.25) is 5.02 Å². The summed E-state index contributed by atoms with van der Waals surface area (Å²) < 4.78 is 52.9. The average molecular weight is 657 g/mol. The Morgan fingerprint density at radius 2 is 2.02 bits per heavy atom. The number of aliphatic imine (C=N–C) groups is 1. The normalized spacial score (nSPS) is 20.3. The second kappa shape index (κ2) is 11.8. The van der Waals surface area contributed by atoms with Crippen molar-refractivity contribution in [2.75, 3.05) is 26.0 Å². The van der Waals surface area contributed by atoms with Crippen molar-refractivity contribution in [2.24, 2.45) is 16.6 Å². The van der Waals surface area contributed by atoms with Gasteiger partial charge in [0, 0.05) is 65.7 Å². The first kappa shape index (κ1) is 31.6. The van der Waals surface area contributed by atoms with Crippen molar-refractivity contribution in [2.45, 2.75) is 56.2 Å². The zero-order valence-electron chi connectivity index (χ0n) is 25.1. The SMILES string of the molecule is COc1cc(C(=O)NC[C@H](c2cc3c(c(-c4ccnc(C(F)F)c4Cl)n2)OC[C@]3(C)C(N)=O)C2CC2)cc(/C=N/C2(F)CC2)c1N. The summed E-state index contributed by atoms with van der Waals surface area (Å²) in [4.78, 5) is 38.6. The lowest BCUT2D eigenvalue weighted by Crippen LogP contribution is -2.40. The minimum absolute atomic E-state index is 0.0703. The Morgan fingerprint density at radius 3 is 2.65 bits per heavy atom. The molecule has 5 N–H and O–H groups in total. The number of ether oxygens (including phenoxy) is 2. The van der Waals surface area contributed by atoms with Crippen LogP contribution in [0, 0.1) is 5.92 Å². The van der Waals surface area contributed by atoms with Gasteiger partial charge in [0.05, 0.1) is 17.8 Å². The summed E-state index contributed by atoms with van der Waals surface area (Å²) in [5, 5.41) is 2.67.